The zero-order chi connectivity index (χ0) is 15.0. The summed E-state index contributed by atoms with van der Waals surface area (Å²) in [5.74, 6) is 0.386. The van der Waals surface area contributed by atoms with Crippen LogP contribution < -0.4 is 9.47 Å². The lowest BCUT2D eigenvalue weighted by Gasteiger charge is -2.06. The molecule has 0 spiro atoms. The first kappa shape index (κ1) is 13.4. The molecule has 1 aromatic carbocycles. The molecule has 0 aliphatic heterocycles. The summed E-state index contributed by atoms with van der Waals surface area (Å²) in [6.45, 7) is 0. The Morgan fingerprint density at radius 3 is 2.52 bits per heavy atom. The third-order valence-electron chi connectivity index (χ3n) is 3.18. The van der Waals surface area contributed by atoms with Gasteiger partial charge in [0.15, 0.2) is 5.75 Å². The molecule has 0 aliphatic carbocycles. The standard InChI is InChI=1S/C14H13N2O4S/c1-20-14-10-15(17)9-13-12(14)7-8-16(13)21(18,19)11-5-3-2-4-6-11/h2-10,17H,1H3/q+1. The first-order chi connectivity index (χ1) is 10.0. The molecule has 0 aliphatic rings. The van der Waals surface area contributed by atoms with Crippen molar-refractivity contribution in [3.8, 4) is 5.75 Å². The Bertz CT molecular complexity index is 901. The number of hydrogen-bond acceptors (Lipinski definition) is 4. The fourth-order valence-electron chi connectivity index (χ4n) is 2.19. The van der Waals surface area contributed by atoms with E-state index in [9.17, 15) is 13.6 Å². The predicted octanol–water partition coefficient (Wildman–Crippen LogP) is 1.41. The fourth-order valence-corrected chi connectivity index (χ4v) is 3.55. The Labute approximate surface area is 121 Å². The van der Waals surface area contributed by atoms with Crippen molar-refractivity contribution >= 4 is 20.9 Å². The summed E-state index contributed by atoms with van der Waals surface area (Å²) in [6, 6.07) is 9.74. The molecule has 0 bridgehead atoms. The summed E-state index contributed by atoms with van der Waals surface area (Å²) >= 11 is 0. The molecule has 2 heterocycles. The van der Waals surface area contributed by atoms with Crippen LogP contribution in [0.3, 0.4) is 0 Å². The molecule has 0 unspecified atom stereocenters. The molecular weight excluding hydrogens is 292 g/mol. The molecule has 0 saturated heterocycles. The average Bonchev–Trinajstić information content (AvgIpc) is 2.91. The van der Waals surface area contributed by atoms with E-state index < -0.39 is 10.0 Å². The number of hydrogen-bond donors (Lipinski definition) is 1. The second kappa shape index (κ2) is 4.78. The normalized spacial score (nSPS) is 11.7. The molecule has 0 amide bonds. The van der Waals surface area contributed by atoms with Gasteiger partial charge in [-0.3, -0.25) is 5.21 Å². The summed E-state index contributed by atoms with van der Waals surface area (Å²) in [4.78, 5) is 0.176. The average molecular weight is 305 g/mol. The molecule has 6 nitrogen and oxygen atoms in total. The van der Waals surface area contributed by atoms with Gasteiger partial charge in [-0.25, -0.2) is 12.4 Å². The zero-order valence-electron chi connectivity index (χ0n) is 11.2. The van der Waals surface area contributed by atoms with Gasteiger partial charge in [-0.05, 0) is 18.2 Å². The molecule has 3 aromatic rings. The summed E-state index contributed by atoms with van der Waals surface area (Å²) < 4.78 is 32.3. The summed E-state index contributed by atoms with van der Waals surface area (Å²) in [5, 5.41) is 10.2. The number of methoxy groups -OCH3 is 1. The van der Waals surface area contributed by atoms with Gasteiger partial charge >= 0.3 is 0 Å². The van der Waals surface area contributed by atoms with Crippen molar-refractivity contribution in [3.63, 3.8) is 0 Å². The van der Waals surface area contributed by atoms with Crippen LogP contribution in [0, 0.1) is 0 Å². The van der Waals surface area contributed by atoms with Gasteiger partial charge in [0.05, 0.1) is 17.4 Å². The van der Waals surface area contributed by atoms with E-state index in [0.717, 1.165) is 8.70 Å². The molecule has 21 heavy (non-hydrogen) atoms. The molecule has 108 valence electrons. The lowest BCUT2D eigenvalue weighted by molar-refractivity contribution is -0.904. The van der Waals surface area contributed by atoms with E-state index in [1.165, 1.54) is 37.8 Å². The van der Waals surface area contributed by atoms with Crippen molar-refractivity contribution in [1.29, 1.82) is 0 Å². The number of rotatable bonds is 3. The van der Waals surface area contributed by atoms with Gasteiger partial charge in [-0.1, -0.05) is 18.2 Å². The lowest BCUT2D eigenvalue weighted by atomic mass is 10.3. The Morgan fingerprint density at radius 1 is 1.14 bits per heavy atom. The summed E-state index contributed by atoms with van der Waals surface area (Å²) in [6.07, 6.45) is 4.12. The highest BCUT2D eigenvalue weighted by Crippen LogP contribution is 2.27. The first-order valence-corrected chi connectivity index (χ1v) is 7.58. The van der Waals surface area contributed by atoms with Crippen LogP contribution in [0.2, 0.25) is 0 Å². The SMILES string of the molecule is COc1c[n+](O)cc2c1ccn2S(=O)(=O)c1ccccc1. The van der Waals surface area contributed by atoms with Gasteiger partial charge in [0.2, 0.25) is 6.20 Å². The second-order valence-corrected chi connectivity index (χ2v) is 6.25. The fraction of sp³-hybridized carbons (Fsp3) is 0.0714. The second-order valence-electron chi connectivity index (χ2n) is 4.44. The Hall–Kier alpha value is -2.54. The third-order valence-corrected chi connectivity index (χ3v) is 4.88. The number of pyridine rings is 1. The maximum atomic E-state index is 12.7. The van der Waals surface area contributed by atoms with Crippen LogP contribution in [0.4, 0.5) is 0 Å². The molecular formula is C14H13N2O4S+. The monoisotopic (exact) mass is 305 g/mol. The van der Waals surface area contributed by atoms with Gasteiger partial charge in [-0.15, -0.1) is 0 Å². The van der Waals surface area contributed by atoms with E-state index in [1.54, 1.807) is 24.3 Å². The molecule has 2 aromatic heterocycles. The van der Waals surface area contributed by atoms with Crippen molar-refractivity contribution in [2.75, 3.05) is 7.11 Å². The molecule has 0 fully saturated rings. The van der Waals surface area contributed by atoms with Crippen LogP contribution in [0.1, 0.15) is 0 Å². The quantitative estimate of drug-likeness (QED) is 0.586. The van der Waals surface area contributed by atoms with Crippen LogP contribution >= 0.6 is 0 Å². The molecule has 0 radical (unpaired) electrons. The number of aromatic nitrogens is 2. The van der Waals surface area contributed by atoms with Crippen LogP contribution in [0.25, 0.3) is 10.9 Å². The van der Waals surface area contributed by atoms with E-state index in [0.29, 0.717) is 16.7 Å². The minimum atomic E-state index is -3.73. The van der Waals surface area contributed by atoms with Crippen LogP contribution in [-0.4, -0.2) is 24.7 Å². The highest BCUT2D eigenvalue weighted by atomic mass is 32.2. The minimum absolute atomic E-state index is 0.176. The van der Waals surface area contributed by atoms with Crippen molar-refractivity contribution in [1.82, 2.24) is 3.97 Å². The third kappa shape index (κ3) is 2.11. The van der Waals surface area contributed by atoms with Crippen LogP contribution in [0.5, 0.6) is 5.75 Å². The highest BCUT2D eigenvalue weighted by molar-refractivity contribution is 7.90. The van der Waals surface area contributed by atoms with E-state index in [2.05, 4.69) is 0 Å². The summed E-state index contributed by atoms with van der Waals surface area (Å²) in [7, 11) is -2.27. The van der Waals surface area contributed by atoms with Crippen LogP contribution in [0.15, 0.2) is 59.9 Å². The van der Waals surface area contributed by atoms with Crippen molar-refractivity contribution in [2.45, 2.75) is 4.90 Å². The van der Waals surface area contributed by atoms with Gasteiger partial charge < -0.3 is 4.74 Å². The highest BCUT2D eigenvalue weighted by Gasteiger charge is 2.22. The summed E-state index contributed by atoms with van der Waals surface area (Å²) in [5.41, 5.74) is 0.334. The maximum absolute atomic E-state index is 12.7. The Kier molecular flexibility index (Phi) is 3.06. The topological polar surface area (TPSA) is 72.4 Å². The smallest absolute Gasteiger partial charge is 0.268 e. The van der Waals surface area contributed by atoms with Crippen molar-refractivity contribution < 1.29 is 23.1 Å². The van der Waals surface area contributed by atoms with Gasteiger partial charge in [0.1, 0.15) is 5.52 Å². The Balaban J connectivity index is 2.29. The predicted molar refractivity (Wildman–Crippen MR) is 74.9 cm³/mol. The lowest BCUT2D eigenvalue weighted by Crippen LogP contribution is -2.29. The number of fused-ring (bicyclic) bond motifs is 1. The Morgan fingerprint density at radius 2 is 1.86 bits per heavy atom. The molecule has 0 saturated carbocycles. The largest absolute Gasteiger partial charge is 0.490 e. The van der Waals surface area contributed by atoms with Crippen LogP contribution in [-0.2, 0) is 10.0 Å². The molecule has 0 atom stereocenters. The minimum Gasteiger partial charge on any atom is -0.490 e. The van der Waals surface area contributed by atoms with Crippen molar-refractivity contribution in [3.05, 3.63) is 55.0 Å². The first-order valence-electron chi connectivity index (χ1n) is 6.14. The molecule has 3 rings (SSSR count). The van der Waals surface area contributed by atoms with Gasteiger partial charge in [0, 0.05) is 10.9 Å². The number of nitrogens with zero attached hydrogens (tertiary/aromatic N) is 2. The zero-order valence-corrected chi connectivity index (χ0v) is 12.0. The molecule has 7 heteroatoms. The molecule has 1 N–H and O–H groups in total. The number of ether oxygens (including phenoxy) is 1. The van der Waals surface area contributed by atoms with Gasteiger partial charge in [0.25, 0.3) is 16.2 Å². The van der Waals surface area contributed by atoms with Gasteiger partial charge in [-0.2, -0.15) is 0 Å². The van der Waals surface area contributed by atoms with E-state index in [1.807, 2.05) is 0 Å². The van der Waals surface area contributed by atoms with E-state index in [4.69, 9.17) is 4.74 Å². The van der Waals surface area contributed by atoms with Crippen molar-refractivity contribution in [2.24, 2.45) is 0 Å². The van der Waals surface area contributed by atoms with E-state index in [-0.39, 0.29) is 4.90 Å². The van der Waals surface area contributed by atoms with E-state index >= 15 is 0 Å². The maximum Gasteiger partial charge on any atom is 0.268 e. The number of benzene rings is 1.